The quantitative estimate of drug-likeness (QED) is 0.528. The Balaban J connectivity index is 1.89. The van der Waals surface area contributed by atoms with E-state index >= 15 is 0 Å². The topological polar surface area (TPSA) is 77.0 Å². The highest BCUT2D eigenvalue weighted by molar-refractivity contribution is 5.94. The first-order chi connectivity index (χ1) is 14.3. The van der Waals surface area contributed by atoms with Crippen LogP contribution in [0.1, 0.15) is 49.5 Å². The van der Waals surface area contributed by atoms with Crippen molar-refractivity contribution in [3.05, 3.63) is 35.4 Å². The maximum Gasteiger partial charge on any atom is 0.253 e. The zero-order valence-electron chi connectivity index (χ0n) is 19.1. The molecule has 1 heterocycles. The van der Waals surface area contributed by atoms with Crippen LogP contribution in [-0.4, -0.2) is 73.9 Å². The van der Waals surface area contributed by atoms with Gasteiger partial charge in [0.25, 0.3) is 5.91 Å². The van der Waals surface area contributed by atoms with E-state index in [1.165, 1.54) is 0 Å². The van der Waals surface area contributed by atoms with Gasteiger partial charge < -0.3 is 20.4 Å². The Kier molecular flexibility index (Phi) is 9.15. The fourth-order valence-electron chi connectivity index (χ4n) is 3.54. The van der Waals surface area contributed by atoms with Crippen LogP contribution in [0.15, 0.2) is 29.3 Å². The van der Waals surface area contributed by atoms with Gasteiger partial charge in [-0.15, -0.1) is 0 Å². The molecule has 2 amide bonds. The van der Waals surface area contributed by atoms with Gasteiger partial charge >= 0.3 is 0 Å². The van der Waals surface area contributed by atoms with E-state index in [-0.39, 0.29) is 17.7 Å². The SMILES string of the molecule is CCNC(=NCCc1cccc(C(=O)N(C)C)c1)NC1CCN(C(=O)C(C)C)CC1. The molecule has 0 radical (unpaired) electrons. The molecule has 7 heteroatoms. The molecule has 30 heavy (non-hydrogen) atoms. The van der Waals surface area contributed by atoms with E-state index in [0.717, 1.165) is 50.4 Å². The largest absolute Gasteiger partial charge is 0.357 e. The molecule has 0 bridgehead atoms. The molecule has 166 valence electrons. The van der Waals surface area contributed by atoms with Crippen molar-refractivity contribution >= 4 is 17.8 Å². The summed E-state index contributed by atoms with van der Waals surface area (Å²) in [6.45, 7) is 8.98. The van der Waals surface area contributed by atoms with Gasteiger partial charge in [0.05, 0.1) is 0 Å². The van der Waals surface area contributed by atoms with Gasteiger partial charge in [0.2, 0.25) is 5.91 Å². The first kappa shape index (κ1) is 23.7. The maximum absolute atomic E-state index is 12.2. The third-order valence-electron chi connectivity index (χ3n) is 5.24. The number of piperidine rings is 1. The molecule has 0 aliphatic carbocycles. The second-order valence-corrected chi connectivity index (χ2v) is 8.31. The summed E-state index contributed by atoms with van der Waals surface area (Å²) < 4.78 is 0. The molecule has 0 spiro atoms. The number of nitrogens with one attached hydrogen (secondary N) is 2. The number of hydrogen-bond acceptors (Lipinski definition) is 3. The van der Waals surface area contributed by atoms with Crippen LogP contribution in [0.3, 0.4) is 0 Å². The van der Waals surface area contributed by atoms with E-state index in [9.17, 15) is 9.59 Å². The number of hydrogen-bond donors (Lipinski definition) is 2. The van der Waals surface area contributed by atoms with Crippen LogP contribution in [0, 0.1) is 5.92 Å². The Bertz CT molecular complexity index is 737. The molecule has 1 fully saturated rings. The van der Waals surface area contributed by atoms with Crippen LogP contribution in [0.25, 0.3) is 0 Å². The molecule has 1 saturated heterocycles. The van der Waals surface area contributed by atoms with Gasteiger partial charge in [-0.05, 0) is 43.9 Å². The number of guanidine groups is 1. The average molecular weight is 416 g/mol. The molecule has 1 aromatic carbocycles. The Morgan fingerprint density at radius 3 is 2.53 bits per heavy atom. The zero-order valence-corrected chi connectivity index (χ0v) is 19.1. The van der Waals surface area contributed by atoms with Crippen molar-refractivity contribution in [2.75, 3.05) is 40.3 Å². The van der Waals surface area contributed by atoms with E-state index < -0.39 is 0 Å². The Morgan fingerprint density at radius 2 is 1.93 bits per heavy atom. The smallest absolute Gasteiger partial charge is 0.253 e. The summed E-state index contributed by atoms with van der Waals surface area (Å²) in [5.74, 6) is 1.12. The van der Waals surface area contributed by atoms with Crippen LogP contribution >= 0.6 is 0 Å². The fraction of sp³-hybridized carbons (Fsp3) is 0.609. The highest BCUT2D eigenvalue weighted by Gasteiger charge is 2.24. The van der Waals surface area contributed by atoms with Crippen molar-refractivity contribution in [1.82, 2.24) is 20.4 Å². The second-order valence-electron chi connectivity index (χ2n) is 8.31. The third-order valence-corrected chi connectivity index (χ3v) is 5.24. The third kappa shape index (κ3) is 7.04. The molecule has 0 atom stereocenters. The predicted octanol–water partition coefficient (Wildman–Crippen LogP) is 2.13. The molecular formula is C23H37N5O2. The molecule has 0 aromatic heterocycles. The van der Waals surface area contributed by atoms with Crippen molar-refractivity contribution in [3.63, 3.8) is 0 Å². The van der Waals surface area contributed by atoms with Gasteiger partial charge in [-0.3, -0.25) is 14.6 Å². The number of carbonyl (C=O) groups is 2. The standard InChI is InChI=1S/C23H37N5O2/c1-6-24-23(26-20-11-14-28(15-12-20)21(29)17(2)3)25-13-10-18-8-7-9-19(16-18)22(30)27(4)5/h7-9,16-17,20H,6,10-15H2,1-5H3,(H2,24,25,26). The molecule has 1 aliphatic rings. The molecule has 7 nitrogen and oxygen atoms in total. The minimum atomic E-state index is 0.0117. The van der Waals surface area contributed by atoms with E-state index in [1.807, 2.05) is 43.0 Å². The van der Waals surface area contributed by atoms with Crippen LogP contribution in [-0.2, 0) is 11.2 Å². The second kappa shape index (κ2) is 11.6. The van der Waals surface area contributed by atoms with Crippen molar-refractivity contribution < 1.29 is 9.59 Å². The lowest BCUT2D eigenvalue weighted by atomic mass is 10.0. The Hall–Kier alpha value is -2.57. The van der Waals surface area contributed by atoms with Crippen LogP contribution in [0.5, 0.6) is 0 Å². The summed E-state index contributed by atoms with van der Waals surface area (Å²) >= 11 is 0. The first-order valence-electron chi connectivity index (χ1n) is 11.0. The van der Waals surface area contributed by atoms with Crippen molar-refractivity contribution in [2.45, 2.75) is 46.1 Å². The van der Waals surface area contributed by atoms with Gasteiger partial charge in [0.15, 0.2) is 5.96 Å². The first-order valence-corrected chi connectivity index (χ1v) is 11.0. The Labute approximate surface area is 180 Å². The van der Waals surface area contributed by atoms with Gasteiger partial charge in [-0.1, -0.05) is 26.0 Å². The lowest BCUT2D eigenvalue weighted by Gasteiger charge is -2.34. The molecule has 1 aliphatic heterocycles. The highest BCUT2D eigenvalue weighted by atomic mass is 16.2. The zero-order chi connectivity index (χ0) is 22.1. The molecule has 0 saturated carbocycles. The highest BCUT2D eigenvalue weighted by Crippen LogP contribution is 2.13. The van der Waals surface area contributed by atoms with Crippen molar-refractivity contribution in [3.8, 4) is 0 Å². The predicted molar refractivity (Wildman–Crippen MR) is 122 cm³/mol. The summed E-state index contributed by atoms with van der Waals surface area (Å²) in [6, 6.07) is 8.06. The maximum atomic E-state index is 12.2. The summed E-state index contributed by atoms with van der Waals surface area (Å²) in [4.78, 5) is 32.6. The van der Waals surface area contributed by atoms with Gasteiger partial charge in [-0.25, -0.2) is 0 Å². The Morgan fingerprint density at radius 1 is 1.23 bits per heavy atom. The fourth-order valence-corrected chi connectivity index (χ4v) is 3.54. The molecule has 1 aromatic rings. The summed E-state index contributed by atoms with van der Waals surface area (Å²) in [5, 5.41) is 6.83. The number of benzene rings is 1. The molecular weight excluding hydrogens is 378 g/mol. The van der Waals surface area contributed by atoms with Gasteiger partial charge in [0, 0.05) is 57.8 Å². The summed E-state index contributed by atoms with van der Waals surface area (Å²) in [6.07, 6.45) is 2.63. The minimum absolute atomic E-state index is 0.0117. The summed E-state index contributed by atoms with van der Waals surface area (Å²) in [5.41, 5.74) is 1.80. The van der Waals surface area contributed by atoms with Gasteiger partial charge in [0.1, 0.15) is 0 Å². The normalized spacial score (nSPS) is 15.3. The number of carbonyl (C=O) groups excluding carboxylic acids is 2. The number of amides is 2. The molecule has 2 N–H and O–H groups in total. The van der Waals surface area contributed by atoms with E-state index in [1.54, 1.807) is 19.0 Å². The van der Waals surface area contributed by atoms with Crippen molar-refractivity contribution in [2.24, 2.45) is 10.9 Å². The summed E-state index contributed by atoms with van der Waals surface area (Å²) in [7, 11) is 3.52. The van der Waals surface area contributed by atoms with Crippen molar-refractivity contribution in [1.29, 1.82) is 0 Å². The lowest BCUT2D eigenvalue weighted by molar-refractivity contribution is -0.135. The van der Waals surface area contributed by atoms with Crippen LogP contribution in [0.4, 0.5) is 0 Å². The van der Waals surface area contributed by atoms with Gasteiger partial charge in [-0.2, -0.15) is 0 Å². The minimum Gasteiger partial charge on any atom is -0.357 e. The van der Waals surface area contributed by atoms with E-state index in [2.05, 4.69) is 17.6 Å². The average Bonchev–Trinajstić information content (AvgIpc) is 2.73. The number of rotatable bonds is 7. The molecule has 2 rings (SSSR count). The van der Waals surface area contributed by atoms with E-state index in [4.69, 9.17) is 4.99 Å². The number of nitrogens with zero attached hydrogens (tertiary/aromatic N) is 3. The lowest BCUT2D eigenvalue weighted by Crippen LogP contribution is -2.50. The van der Waals surface area contributed by atoms with Crippen LogP contribution < -0.4 is 10.6 Å². The monoisotopic (exact) mass is 415 g/mol. The van der Waals surface area contributed by atoms with E-state index in [0.29, 0.717) is 18.2 Å². The number of likely N-dealkylation sites (tertiary alicyclic amines) is 1. The molecule has 0 unspecified atom stereocenters. The van der Waals surface area contributed by atoms with Crippen LogP contribution in [0.2, 0.25) is 0 Å². The number of aliphatic imine (C=N–C) groups is 1.